The Kier molecular flexibility index (Phi) is 0.714. The van der Waals surface area contributed by atoms with Crippen LogP contribution in [0.25, 0.3) is 0 Å². The molecule has 0 amide bonds. The zero-order chi connectivity index (χ0) is 5.28. The van der Waals surface area contributed by atoms with Crippen LogP contribution in [0.2, 0.25) is 0 Å². The van der Waals surface area contributed by atoms with Crippen LogP contribution in [0, 0.1) is 5.95 Å². The summed E-state index contributed by atoms with van der Waals surface area (Å²) >= 11 is 0. The highest BCUT2D eigenvalue weighted by Gasteiger charge is 1.97. The molecule has 3 nitrogen and oxygen atoms in total. The summed E-state index contributed by atoms with van der Waals surface area (Å²) in [7, 11) is 0. The molecule has 0 fully saturated rings. The summed E-state index contributed by atoms with van der Waals surface area (Å²) in [6.45, 7) is 0. The fourth-order valence-corrected chi connectivity index (χ4v) is 0.239. The first-order valence-electron chi connectivity index (χ1n) is 1.57. The molecule has 0 bridgehead atoms. The fraction of sp³-hybridized carbons (Fsp3) is 0. The van der Waals surface area contributed by atoms with Crippen LogP contribution in [-0.4, -0.2) is 4.98 Å². The highest BCUT2D eigenvalue weighted by molar-refractivity contribution is 4.82. The Morgan fingerprint density at radius 1 is 1.86 bits per heavy atom. The smallest absolute Gasteiger partial charge is 0.412 e. The summed E-state index contributed by atoms with van der Waals surface area (Å²) in [6.07, 6.45) is -0.236. The van der Waals surface area contributed by atoms with E-state index < -0.39 is 12.0 Å². The van der Waals surface area contributed by atoms with Crippen LogP contribution in [0.4, 0.5) is 4.39 Å². The first kappa shape index (κ1) is 4.11. The van der Waals surface area contributed by atoms with Crippen molar-refractivity contribution < 1.29 is 13.9 Å². The molecule has 0 N–H and O–H groups in total. The molecule has 1 aromatic rings. The summed E-state index contributed by atoms with van der Waals surface area (Å²) in [4.78, 5) is 2.72. The van der Waals surface area contributed by atoms with Gasteiger partial charge in [0.25, 0.3) is 5.95 Å². The zero-order valence-corrected chi connectivity index (χ0v) is 3.22. The molecular formula is C3HFNO2. The lowest BCUT2D eigenvalue weighted by molar-refractivity contribution is 0.237. The van der Waals surface area contributed by atoms with Crippen molar-refractivity contribution in [2.45, 2.75) is 0 Å². The first-order valence-corrected chi connectivity index (χ1v) is 1.57. The molecule has 7 heavy (non-hydrogen) atoms. The summed E-state index contributed by atoms with van der Waals surface area (Å²) in [5, 5.41) is 9.77. The third-order valence-electron chi connectivity index (χ3n) is 0.455. The number of hydrogen-bond donors (Lipinski definition) is 0. The van der Waals surface area contributed by atoms with Crippen LogP contribution in [0.5, 0.6) is 6.08 Å². The van der Waals surface area contributed by atoms with E-state index in [1.165, 1.54) is 0 Å². The molecule has 4 heteroatoms. The Morgan fingerprint density at radius 2 is 2.57 bits per heavy atom. The second kappa shape index (κ2) is 1.22. The molecule has 1 radical (unpaired) electrons. The molecule has 0 aromatic carbocycles. The van der Waals surface area contributed by atoms with Crippen molar-refractivity contribution >= 4 is 0 Å². The van der Waals surface area contributed by atoms with Crippen LogP contribution in [0.3, 0.4) is 0 Å². The molecule has 0 spiro atoms. The fourth-order valence-electron chi connectivity index (χ4n) is 0.239. The van der Waals surface area contributed by atoms with E-state index in [1.54, 1.807) is 0 Å². The van der Waals surface area contributed by atoms with Gasteiger partial charge in [-0.1, -0.05) is 0 Å². The molecule has 0 aliphatic carbocycles. The van der Waals surface area contributed by atoms with E-state index in [0.29, 0.717) is 6.26 Å². The van der Waals surface area contributed by atoms with Crippen LogP contribution in [0.1, 0.15) is 0 Å². The summed E-state index contributed by atoms with van der Waals surface area (Å²) in [6, 6.07) is 0. The van der Waals surface area contributed by atoms with Gasteiger partial charge in [0.15, 0.2) is 6.26 Å². The number of rotatable bonds is 0. The predicted molar refractivity (Wildman–Crippen MR) is 16.6 cm³/mol. The van der Waals surface area contributed by atoms with Crippen LogP contribution in [-0.2, 0) is 5.11 Å². The maximum Gasteiger partial charge on any atom is 0.441 e. The molecule has 0 aliphatic heterocycles. The summed E-state index contributed by atoms with van der Waals surface area (Å²) in [5.74, 6) is -0.870. The van der Waals surface area contributed by atoms with Crippen molar-refractivity contribution in [1.82, 2.24) is 4.98 Å². The molecule has 37 valence electrons. The third-order valence-corrected chi connectivity index (χ3v) is 0.455. The minimum Gasteiger partial charge on any atom is -0.412 e. The minimum atomic E-state index is -0.891. The van der Waals surface area contributed by atoms with Gasteiger partial charge in [-0.15, -0.1) is 4.98 Å². The van der Waals surface area contributed by atoms with Gasteiger partial charge in [-0.25, -0.2) is 5.11 Å². The molecule has 1 heterocycles. The average molecular weight is 102 g/mol. The summed E-state index contributed by atoms with van der Waals surface area (Å²) < 4.78 is 15.4. The van der Waals surface area contributed by atoms with Crippen molar-refractivity contribution in [2.24, 2.45) is 0 Å². The van der Waals surface area contributed by atoms with Crippen LogP contribution >= 0.6 is 0 Å². The predicted octanol–water partition coefficient (Wildman–Crippen LogP) is 0.957. The SMILES string of the molecule is [O]c1nc(F)co1. The third kappa shape index (κ3) is 0.677. The quantitative estimate of drug-likeness (QED) is 0.489. The summed E-state index contributed by atoms with van der Waals surface area (Å²) in [5.41, 5.74) is 0. The van der Waals surface area contributed by atoms with Gasteiger partial charge in [-0.05, 0) is 0 Å². The Balaban J connectivity index is 3.04. The monoisotopic (exact) mass is 102 g/mol. The second-order valence-electron chi connectivity index (χ2n) is 0.936. The molecule has 0 unspecified atom stereocenters. The lowest BCUT2D eigenvalue weighted by Gasteiger charge is -1.60. The van der Waals surface area contributed by atoms with Gasteiger partial charge in [0.05, 0.1) is 0 Å². The highest BCUT2D eigenvalue weighted by atomic mass is 19.1. The molecule has 0 saturated carbocycles. The van der Waals surface area contributed by atoms with E-state index in [4.69, 9.17) is 0 Å². The maximum absolute atomic E-state index is 11.5. The van der Waals surface area contributed by atoms with E-state index in [9.17, 15) is 9.50 Å². The molecule has 0 atom stereocenters. The van der Waals surface area contributed by atoms with E-state index in [-0.39, 0.29) is 0 Å². The minimum absolute atomic E-state index is 0.655. The van der Waals surface area contributed by atoms with E-state index in [1.807, 2.05) is 0 Å². The van der Waals surface area contributed by atoms with Crippen LogP contribution < -0.4 is 0 Å². The molecule has 1 aromatic heterocycles. The van der Waals surface area contributed by atoms with Gasteiger partial charge in [0.1, 0.15) is 0 Å². The lowest BCUT2D eigenvalue weighted by Crippen LogP contribution is -1.63. The van der Waals surface area contributed by atoms with Crippen molar-refractivity contribution in [1.29, 1.82) is 0 Å². The van der Waals surface area contributed by atoms with Crippen molar-refractivity contribution in [3.05, 3.63) is 12.2 Å². The van der Waals surface area contributed by atoms with Gasteiger partial charge in [-0.3, -0.25) is 0 Å². The number of oxazole rings is 1. The molecule has 0 saturated heterocycles. The van der Waals surface area contributed by atoms with Gasteiger partial charge in [0, 0.05) is 0 Å². The van der Waals surface area contributed by atoms with Gasteiger partial charge < -0.3 is 4.42 Å². The Hall–Kier alpha value is -1.06. The van der Waals surface area contributed by atoms with E-state index in [0.717, 1.165) is 0 Å². The lowest BCUT2D eigenvalue weighted by atomic mass is 10.9. The Bertz CT molecular complexity index is 145. The number of nitrogens with zero attached hydrogens (tertiary/aromatic N) is 1. The van der Waals surface area contributed by atoms with Crippen molar-refractivity contribution in [3.63, 3.8) is 0 Å². The van der Waals surface area contributed by atoms with Gasteiger partial charge in [0.2, 0.25) is 0 Å². The molecular weight excluding hydrogens is 101 g/mol. The number of halogens is 1. The van der Waals surface area contributed by atoms with E-state index in [2.05, 4.69) is 9.40 Å². The highest BCUT2D eigenvalue weighted by Crippen LogP contribution is 2.04. The second-order valence-corrected chi connectivity index (χ2v) is 0.936. The Labute approximate surface area is 38.4 Å². The van der Waals surface area contributed by atoms with E-state index >= 15 is 0 Å². The largest absolute Gasteiger partial charge is 0.441 e. The van der Waals surface area contributed by atoms with Crippen molar-refractivity contribution in [3.8, 4) is 6.08 Å². The first-order chi connectivity index (χ1) is 3.29. The Morgan fingerprint density at radius 3 is 2.71 bits per heavy atom. The average Bonchev–Trinajstić information content (AvgIpc) is 1.87. The molecule has 1 rings (SSSR count). The number of hydrogen-bond acceptors (Lipinski definition) is 2. The molecule has 0 aliphatic rings. The normalized spacial score (nSPS) is 9.29. The van der Waals surface area contributed by atoms with Gasteiger partial charge >= 0.3 is 6.08 Å². The van der Waals surface area contributed by atoms with Gasteiger partial charge in [-0.2, -0.15) is 4.39 Å². The standard InChI is InChI=1S/C3HFNO2/c4-2-1-7-3(6)5-2/h1H. The zero-order valence-electron chi connectivity index (χ0n) is 3.22. The van der Waals surface area contributed by atoms with Crippen molar-refractivity contribution in [2.75, 3.05) is 0 Å². The number of aromatic nitrogens is 1. The van der Waals surface area contributed by atoms with Crippen LogP contribution in [0.15, 0.2) is 10.7 Å². The topological polar surface area (TPSA) is 45.9 Å². The maximum atomic E-state index is 11.5.